The highest BCUT2D eigenvalue weighted by Gasteiger charge is 2.20. The third-order valence-electron chi connectivity index (χ3n) is 2.32. The molecule has 1 heterocycles. The van der Waals surface area contributed by atoms with Crippen LogP contribution in [-0.4, -0.2) is 4.98 Å². The fourth-order valence-electron chi connectivity index (χ4n) is 1.43. The van der Waals surface area contributed by atoms with Gasteiger partial charge >= 0.3 is 0 Å². The summed E-state index contributed by atoms with van der Waals surface area (Å²) in [6.45, 7) is 17.6. The first-order chi connectivity index (χ1) is 6.86. The minimum absolute atomic E-state index is 0.0647. The molecule has 0 atom stereocenters. The first-order valence-electron chi connectivity index (χ1n) is 5.25. The summed E-state index contributed by atoms with van der Waals surface area (Å²) < 4.78 is 0. The molecule has 0 saturated carbocycles. The van der Waals surface area contributed by atoms with E-state index in [9.17, 15) is 0 Å². The number of pyridine rings is 1. The summed E-state index contributed by atoms with van der Waals surface area (Å²) in [5.74, 6) is 0.408. The standard InChI is InChI=1S/C13H18N2/c1-9(2)10-7-8-11(14-6)12(15-10)13(3,4)5/h7-9H,1-5H3. The van der Waals surface area contributed by atoms with Gasteiger partial charge in [0.15, 0.2) is 0 Å². The van der Waals surface area contributed by atoms with Gasteiger partial charge in [0.05, 0.1) is 12.3 Å². The van der Waals surface area contributed by atoms with Gasteiger partial charge in [-0.15, -0.1) is 0 Å². The van der Waals surface area contributed by atoms with Gasteiger partial charge in [0.1, 0.15) is 0 Å². The Morgan fingerprint density at radius 3 is 2.27 bits per heavy atom. The van der Waals surface area contributed by atoms with Gasteiger partial charge in [0.2, 0.25) is 5.69 Å². The number of rotatable bonds is 1. The lowest BCUT2D eigenvalue weighted by Crippen LogP contribution is -2.14. The Kier molecular flexibility index (Phi) is 3.14. The molecular formula is C13H18N2. The van der Waals surface area contributed by atoms with Crippen LogP contribution in [0.15, 0.2) is 12.1 Å². The second kappa shape index (κ2) is 4.02. The highest BCUT2D eigenvalue weighted by atomic mass is 14.8. The van der Waals surface area contributed by atoms with Crippen LogP contribution in [0.25, 0.3) is 4.85 Å². The van der Waals surface area contributed by atoms with Gasteiger partial charge in [-0.05, 0) is 11.3 Å². The van der Waals surface area contributed by atoms with Crippen molar-refractivity contribution in [2.45, 2.75) is 46.0 Å². The monoisotopic (exact) mass is 202 g/mol. The maximum absolute atomic E-state index is 7.13. The molecule has 1 aromatic heterocycles. The third kappa shape index (κ3) is 2.56. The lowest BCUT2D eigenvalue weighted by Gasteiger charge is -2.21. The largest absolute Gasteiger partial charge is 0.269 e. The first kappa shape index (κ1) is 11.7. The molecule has 2 heteroatoms. The average Bonchev–Trinajstić information content (AvgIpc) is 2.15. The molecule has 0 bridgehead atoms. The van der Waals surface area contributed by atoms with Crippen LogP contribution in [0.2, 0.25) is 0 Å². The van der Waals surface area contributed by atoms with Gasteiger partial charge in [-0.25, -0.2) is 4.85 Å². The molecule has 2 nitrogen and oxygen atoms in total. The molecule has 0 N–H and O–H groups in total. The van der Waals surface area contributed by atoms with Crippen LogP contribution in [0.3, 0.4) is 0 Å². The zero-order valence-electron chi connectivity index (χ0n) is 10.1. The summed E-state index contributed by atoms with van der Waals surface area (Å²) >= 11 is 0. The SMILES string of the molecule is [C-]#[N+]c1ccc(C(C)C)nc1C(C)(C)C. The summed E-state index contributed by atoms with van der Waals surface area (Å²) in [5, 5.41) is 0. The lowest BCUT2D eigenvalue weighted by atomic mass is 9.90. The van der Waals surface area contributed by atoms with Crippen molar-refractivity contribution >= 4 is 5.69 Å². The van der Waals surface area contributed by atoms with Crippen LogP contribution >= 0.6 is 0 Å². The summed E-state index contributed by atoms with van der Waals surface area (Å²) in [5.41, 5.74) is 2.58. The second-order valence-corrected chi connectivity index (χ2v) is 5.12. The molecule has 0 aliphatic heterocycles. The number of aromatic nitrogens is 1. The van der Waals surface area contributed by atoms with Gasteiger partial charge in [-0.3, -0.25) is 4.98 Å². The molecule has 0 aliphatic carbocycles. The summed E-state index contributed by atoms with van der Waals surface area (Å²) in [4.78, 5) is 8.13. The Balaban J connectivity index is 3.34. The quantitative estimate of drug-likeness (QED) is 0.628. The maximum atomic E-state index is 7.13. The van der Waals surface area contributed by atoms with Gasteiger partial charge in [0.25, 0.3) is 0 Å². The van der Waals surface area contributed by atoms with Crippen molar-refractivity contribution in [1.82, 2.24) is 4.98 Å². The Labute approximate surface area is 92.2 Å². The molecule has 80 valence electrons. The van der Waals surface area contributed by atoms with Crippen LogP contribution in [0.1, 0.15) is 51.9 Å². The van der Waals surface area contributed by atoms with E-state index in [4.69, 9.17) is 6.57 Å². The van der Waals surface area contributed by atoms with Gasteiger partial charge in [-0.2, -0.15) is 0 Å². The van der Waals surface area contributed by atoms with Crippen molar-refractivity contribution in [3.63, 3.8) is 0 Å². The minimum Gasteiger partial charge on any atom is -0.269 e. The molecule has 0 unspecified atom stereocenters. The van der Waals surface area contributed by atoms with E-state index in [0.717, 1.165) is 11.4 Å². The van der Waals surface area contributed by atoms with E-state index < -0.39 is 0 Å². The van der Waals surface area contributed by atoms with Crippen LogP contribution < -0.4 is 0 Å². The van der Waals surface area contributed by atoms with E-state index in [1.807, 2.05) is 12.1 Å². The third-order valence-corrected chi connectivity index (χ3v) is 2.32. The molecule has 15 heavy (non-hydrogen) atoms. The lowest BCUT2D eigenvalue weighted by molar-refractivity contribution is 0.566. The first-order valence-corrected chi connectivity index (χ1v) is 5.25. The van der Waals surface area contributed by atoms with Crippen molar-refractivity contribution in [2.75, 3.05) is 0 Å². The number of nitrogens with zero attached hydrogens (tertiary/aromatic N) is 2. The molecule has 0 radical (unpaired) electrons. The predicted molar refractivity (Wildman–Crippen MR) is 63.3 cm³/mol. The van der Waals surface area contributed by atoms with Gasteiger partial charge < -0.3 is 0 Å². The molecule has 0 aliphatic rings. The van der Waals surface area contributed by atoms with Crippen LogP contribution in [0.4, 0.5) is 5.69 Å². The van der Waals surface area contributed by atoms with E-state index in [1.165, 1.54) is 0 Å². The Hall–Kier alpha value is -1.36. The molecular weight excluding hydrogens is 184 g/mol. The zero-order chi connectivity index (χ0) is 11.6. The molecule has 0 amide bonds. The van der Waals surface area contributed by atoms with Crippen LogP contribution in [0, 0.1) is 6.57 Å². The Bertz CT molecular complexity index is 392. The van der Waals surface area contributed by atoms with Crippen LogP contribution in [-0.2, 0) is 5.41 Å². The topological polar surface area (TPSA) is 17.2 Å². The average molecular weight is 202 g/mol. The molecule has 0 saturated heterocycles. The van der Waals surface area contributed by atoms with E-state index >= 15 is 0 Å². The normalized spacial score (nSPS) is 11.5. The van der Waals surface area contributed by atoms with E-state index in [2.05, 4.69) is 44.4 Å². The molecule has 1 rings (SSSR count). The molecule has 0 fully saturated rings. The fraction of sp³-hybridized carbons (Fsp3) is 0.538. The second-order valence-electron chi connectivity index (χ2n) is 5.12. The van der Waals surface area contributed by atoms with Crippen molar-refractivity contribution in [3.05, 3.63) is 34.9 Å². The highest BCUT2D eigenvalue weighted by Crippen LogP contribution is 2.31. The number of hydrogen-bond acceptors (Lipinski definition) is 1. The predicted octanol–water partition coefficient (Wildman–Crippen LogP) is 4.05. The van der Waals surface area contributed by atoms with Gasteiger partial charge in [-0.1, -0.05) is 46.8 Å². The molecule has 0 aromatic carbocycles. The fourth-order valence-corrected chi connectivity index (χ4v) is 1.43. The van der Waals surface area contributed by atoms with E-state index in [1.54, 1.807) is 0 Å². The summed E-state index contributed by atoms with van der Waals surface area (Å²) in [6, 6.07) is 3.84. The Morgan fingerprint density at radius 2 is 1.87 bits per heavy atom. The summed E-state index contributed by atoms with van der Waals surface area (Å²) in [7, 11) is 0. The van der Waals surface area contributed by atoms with Crippen molar-refractivity contribution in [1.29, 1.82) is 0 Å². The highest BCUT2D eigenvalue weighted by molar-refractivity contribution is 5.52. The van der Waals surface area contributed by atoms with Gasteiger partial charge in [0, 0.05) is 5.69 Å². The summed E-state index contributed by atoms with van der Waals surface area (Å²) in [6.07, 6.45) is 0. The van der Waals surface area contributed by atoms with Crippen molar-refractivity contribution in [2.24, 2.45) is 0 Å². The van der Waals surface area contributed by atoms with Crippen molar-refractivity contribution in [3.8, 4) is 0 Å². The maximum Gasteiger partial charge on any atom is 0.208 e. The van der Waals surface area contributed by atoms with Crippen LogP contribution in [0.5, 0.6) is 0 Å². The molecule has 1 aromatic rings. The van der Waals surface area contributed by atoms with Crippen molar-refractivity contribution < 1.29 is 0 Å². The Morgan fingerprint density at radius 1 is 1.27 bits per heavy atom. The number of hydrogen-bond donors (Lipinski definition) is 0. The smallest absolute Gasteiger partial charge is 0.208 e. The minimum atomic E-state index is -0.0647. The van der Waals surface area contributed by atoms with E-state index in [0.29, 0.717) is 11.6 Å². The molecule has 0 spiro atoms. The zero-order valence-corrected chi connectivity index (χ0v) is 10.1. The van der Waals surface area contributed by atoms with E-state index in [-0.39, 0.29) is 5.41 Å².